The van der Waals surface area contributed by atoms with Gasteiger partial charge in [0.05, 0.1) is 11.8 Å². The highest BCUT2D eigenvalue weighted by Crippen LogP contribution is 2.25. The molecule has 6 heteroatoms. The molecule has 0 saturated carbocycles. The van der Waals surface area contributed by atoms with Crippen LogP contribution >= 0.6 is 11.8 Å². The lowest BCUT2D eigenvalue weighted by molar-refractivity contribution is -0.133. The minimum absolute atomic E-state index is 0.0241. The van der Waals surface area contributed by atoms with Crippen LogP contribution in [0, 0.1) is 0 Å². The number of nitrogens with zero attached hydrogens (tertiary/aromatic N) is 1. The molecule has 0 aromatic heterocycles. The molecule has 0 aromatic carbocycles. The lowest BCUT2D eigenvalue weighted by Gasteiger charge is -2.27. The van der Waals surface area contributed by atoms with Crippen molar-refractivity contribution in [2.75, 3.05) is 38.5 Å². The highest BCUT2D eigenvalue weighted by Gasteiger charge is 2.24. The predicted molar refractivity (Wildman–Crippen MR) is 67.9 cm³/mol. The average molecular weight is 257 g/mol. The lowest BCUT2D eigenvalue weighted by Crippen LogP contribution is -2.50. The van der Waals surface area contributed by atoms with Crippen LogP contribution in [0.5, 0.6) is 0 Å². The van der Waals surface area contributed by atoms with Gasteiger partial charge in [-0.3, -0.25) is 9.59 Å². The molecule has 0 spiro atoms. The third-order valence-electron chi connectivity index (χ3n) is 3.11. The normalized spacial score (nSPS) is 24.7. The van der Waals surface area contributed by atoms with Crippen molar-refractivity contribution in [3.05, 3.63) is 0 Å². The molecule has 0 radical (unpaired) electrons. The van der Waals surface area contributed by atoms with Gasteiger partial charge in [-0.15, -0.1) is 11.8 Å². The largest absolute Gasteiger partial charge is 0.346 e. The van der Waals surface area contributed by atoms with E-state index in [9.17, 15) is 9.59 Å². The first-order chi connectivity index (χ1) is 8.27. The van der Waals surface area contributed by atoms with Crippen molar-refractivity contribution in [2.45, 2.75) is 18.1 Å². The highest BCUT2D eigenvalue weighted by molar-refractivity contribution is 8.00. The van der Waals surface area contributed by atoms with Gasteiger partial charge in [-0.2, -0.15) is 0 Å². The molecule has 2 saturated heterocycles. The molecule has 0 aliphatic carbocycles. The second-order valence-corrected chi connectivity index (χ2v) is 5.66. The van der Waals surface area contributed by atoms with Gasteiger partial charge in [0.1, 0.15) is 0 Å². The monoisotopic (exact) mass is 257 g/mol. The average Bonchev–Trinajstić information content (AvgIpc) is 2.90. The van der Waals surface area contributed by atoms with Crippen LogP contribution in [0.3, 0.4) is 0 Å². The summed E-state index contributed by atoms with van der Waals surface area (Å²) in [4.78, 5) is 25.3. The van der Waals surface area contributed by atoms with Crippen molar-refractivity contribution in [1.82, 2.24) is 15.5 Å². The fourth-order valence-corrected chi connectivity index (χ4v) is 3.27. The maximum Gasteiger partial charge on any atom is 0.242 e. The van der Waals surface area contributed by atoms with Gasteiger partial charge in [0.25, 0.3) is 0 Å². The summed E-state index contributed by atoms with van der Waals surface area (Å²) in [5.74, 6) is 1.11. The summed E-state index contributed by atoms with van der Waals surface area (Å²) in [6.07, 6.45) is 2.05. The second kappa shape index (κ2) is 6.26. The number of piperazine rings is 1. The van der Waals surface area contributed by atoms with E-state index < -0.39 is 0 Å². The van der Waals surface area contributed by atoms with Crippen LogP contribution in [0.4, 0.5) is 0 Å². The van der Waals surface area contributed by atoms with Crippen LogP contribution in [0.2, 0.25) is 0 Å². The second-order valence-electron chi connectivity index (χ2n) is 4.35. The van der Waals surface area contributed by atoms with E-state index in [1.807, 2.05) is 0 Å². The van der Waals surface area contributed by atoms with E-state index in [2.05, 4.69) is 10.6 Å². The molecule has 2 aliphatic heterocycles. The molecule has 96 valence electrons. The van der Waals surface area contributed by atoms with Gasteiger partial charge in [0, 0.05) is 26.2 Å². The Morgan fingerprint density at radius 2 is 2.12 bits per heavy atom. The number of carbonyl (C=O) groups is 2. The van der Waals surface area contributed by atoms with E-state index in [4.69, 9.17) is 0 Å². The van der Waals surface area contributed by atoms with Crippen molar-refractivity contribution in [1.29, 1.82) is 0 Å². The van der Waals surface area contributed by atoms with Gasteiger partial charge in [-0.1, -0.05) is 0 Å². The van der Waals surface area contributed by atoms with Gasteiger partial charge in [-0.05, 0) is 18.6 Å². The lowest BCUT2D eigenvalue weighted by atomic mass is 10.2. The predicted octanol–water partition coefficient (Wildman–Crippen LogP) is -0.570. The maximum atomic E-state index is 11.8. The zero-order valence-corrected chi connectivity index (χ0v) is 10.7. The topological polar surface area (TPSA) is 61.4 Å². The molecule has 2 amide bonds. The molecular formula is C11H19N3O2S. The Balaban J connectivity index is 1.69. The van der Waals surface area contributed by atoms with E-state index in [0.717, 1.165) is 44.8 Å². The SMILES string of the molecule is O=C(NCC(=O)N1CCNCC1)C1CCCS1. The first-order valence-electron chi connectivity index (χ1n) is 6.15. The van der Waals surface area contributed by atoms with Crippen molar-refractivity contribution >= 4 is 23.6 Å². The van der Waals surface area contributed by atoms with Crippen LogP contribution in [-0.4, -0.2) is 60.4 Å². The Morgan fingerprint density at radius 1 is 1.35 bits per heavy atom. The van der Waals surface area contributed by atoms with E-state index in [1.165, 1.54) is 0 Å². The van der Waals surface area contributed by atoms with Crippen LogP contribution < -0.4 is 10.6 Å². The Hall–Kier alpha value is -0.750. The number of nitrogens with one attached hydrogen (secondary N) is 2. The summed E-state index contributed by atoms with van der Waals surface area (Å²) in [5, 5.41) is 6.01. The molecule has 1 atom stereocenters. The zero-order valence-electron chi connectivity index (χ0n) is 9.91. The number of hydrogen-bond donors (Lipinski definition) is 2. The fourth-order valence-electron chi connectivity index (χ4n) is 2.09. The quantitative estimate of drug-likeness (QED) is 0.711. The van der Waals surface area contributed by atoms with Gasteiger partial charge in [-0.25, -0.2) is 0 Å². The first-order valence-corrected chi connectivity index (χ1v) is 7.20. The van der Waals surface area contributed by atoms with E-state index in [1.54, 1.807) is 16.7 Å². The van der Waals surface area contributed by atoms with Crippen LogP contribution in [0.25, 0.3) is 0 Å². The number of amides is 2. The molecule has 1 unspecified atom stereocenters. The molecule has 5 nitrogen and oxygen atoms in total. The highest BCUT2D eigenvalue weighted by atomic mass is 32.2. The minimum atomic E-state index is 0.0241. The number of hydrogen-bond acceptors (Lipinski definition) is 4. The molecular weight excluding hydrogens is 238 g/mol. The van der Waals surface area contributed by atoms with Crippen molar-refractivity contribution in [3.8, 4) is 0 Å². The van der Waals surface area contributed by atoms with Crippen LogP contribution in [0.1, 0.15) is 12.8 Å². The number of carbonyl (C=O) groups excluding carboxylic acids is 2. The van der Waals surface area contributed by atoms with Crippen molar-refractivity contribution in [2.24, 2.45) is 0 Å². The minimum Gasteiger partial charge on any atom is -0.346 e. The van der Waals surface area contributed by atoms with Gasteiger partial charge >= 0.3 is 0 Å². The van der Waals surface area contributed by atoms with E-state index >= 15 is 0 Å². The van der Waals surface area contributed by atoms with E-state index in [-0.39, 0.29) is 23.6 Å². The third kappa shape index (κ3) is 3.61. The summed E-state index contributed by atoms with van der Waals surface area (Å²) >= 11 is 1.69. The molecule has 2 heterocycles. The maximum absolute atomic E-state index is 11.8. The first kappa shape index (κ1) is 12.7. The van der Waals surface area contributed by atoms with Gasteiger partial charge in [0.15, 0.2) is 0 Å². The standard InChI is InChI=1S/C11H19N3O2S/c15-10(14-5-3-12-4-6-14)8-13-11(16)9-2-1-7-17-9/h9,12H,1-8H2,(H,13,16). The summed E-state index contributed by atoms with van der Waals surface area (Å²) in [7, 11) is 0. The summed E-state index contributed by atoms with van der Waals surface area (Å²) < 4.78 is 0. The third-order valence-corrected chi connectivity index (χ3v) is 4.48. The molecule has 2 fully saturated rings. The molecule has 2 rings (SSSR count). The number of rotatable bonds is 3. The van der Waals surface area contributed by atoms with Crippen molar-refractivity contribution in [3.63, 3.8) is 0 Å². The molecule has 17 heavy (non-hydrogen) atoms. The summed E-state index contributed by atoms with van der Waals surface area (Å²) in [6, 6.07) is 0. The van der Waals surface area contributed by atoms with Gasteiger partial charge in [0.2, 0.25) is 11.8 Å². The Labute approximate surface area is 106 Å². The van der Waals surface area contributed by atoms with Crippen LogP contribution in [0.15, 0.2) is 0 Å². The number of thioether (sulfide) groups is 1. The Bertz CT molecular complexity index is 286. The Morgan fingerprint density at radius 3 is 2.76 bits per heavy atom. The van der Waals surface area contributed by atoms with E-state index in [0.29, 0.717) is 0 Å². The molecule has 2 aliphatic rings. The van der Waals surface area contributed by atoms with Gasteiger partial charge < -0.3 is 15.5 Å². The fraction of sp³-hybridized carbons (Fsp3) is 0.818. The molecule has 0 bridgehead atoms. The van der Waals surface area contributed by atoms with Crippen molar-refractivity contribution < 1.29 is 9.59 Å². The smallest absolute Gasteiger partial charge is 0.242 e. The zero-order chi connectivity index (χ0) is 12.1. The summed E-state index contributed by atoms with van der Waals surface area (Å²) in [6.45, 7) is 3.33. The molecule has 0 aromatic rings. The Kier molecular flexibility index (Phi) is 4.67. The van der Waals surface area contributed by atoms with Crippen LogP contribution in [-0.2, 0) is 9.59 Å². The summed E-state index contributed by atoms with van der Waals surface area (Å²) in [5.41, 5.74) is 0. The molecule has 2 N–H and O–H groups in total.